The average molecular weight is 297 g/mol. The van der Waals surface area contributed by atoms with E-state index in [9.17, 15) is 23.1 Å². The second-order valence-electron chi connectivity index (χ2n) is 4.38. The van der Waals surface area contributed by atoms with E-state index in [0.717, 1.165) is 0 Å². The van der Waals surface area contributed by atoms with Crippen LogP contribution in [0.2, 0.25) is 0 Å². The molecule has 10 heteroatoms. The topological polar surface area (TPSA) is 118 Å². The van der Waals surface area contributed by atoms with Crippen LogP contribution < -0.4 is 5.73 Å². The number of carbonyl (C=O) groups excluding carboxylic acids is 1. The molecule has 1 heterocycles. The SMILES string of the molecule is CC(C)(O)Cn1ccc(C(N)=O)n1.O=C(O)C(F)(F)F. The quantitative estimate of drug-likeness (QED) is 0.745. The number of carboxylic acids is 1. The summed E-state index contributed by atoms with van der Waals surface area (Å²) < 4.78 is 33.2. The number of aliphatic carboxylic acids is 1. The van der Waals surface area contributed by atoms with Crippen molar-refractivity contribution in [2.24, 2.45) is 5.73 Å². The van der Waals surface area contributed by atoms with E-state index < -0.39 is 23.7 Å². The molecule has 0 radical (unpaired) electrons. The van der Waals surface area contributed by atoms with Crippen molar-refractivity contribution in [3.8, 4) is 0 Å². The van der Waals surface area contributed by atoms with Gasteiger partial charge in [-0.2, -0.15) is 18.3 Å². The van der Waals surface area contributed by atoms with E-state index in [0.29, 0.717) is 6.54 Å². The summed E-state index contributed by atoms with van der Waals surface area (Å²) in [7, 11) is 0. The number of hydrogen-bond donors (Lipinski definition) is 3. The Hall–Kier alpha value is -2.10. The average Bonchev–Trinajstić information content (AvgIpc) is 2.62. The summed E-state index contributed by atoms with van der Waals surface area (Å²) in [6.45, 7) is 3.66. The largest absolute Gasteiger partial charge is 0.490 e. The van der Waals surface area contributed by atoms with Gasteiger partial charge in [0.25, 0.3) is 5.91 Å². The van der Waals surface area contributed by atoms with Gasteiger partial charge >= 0.3 is 12.1 Å². The Labute approximate surface area is 111 Å². The highest BCUT2D eigenvalue weighted by Crippen LogP contribution is 2.13. The van der Waals surface area contributed by atoms with Gasteiger partial charge in [0.2, 0.25) is 0 Å². The molecule has 0 atom stereocenters. The van der Waals surface area contributed by atoms with E-state index >= 15 is 0 Å². The van der Waals surface area contributed by atoms with E-state index in [1.54, 1.807) is 20.0 Å². The third kappa shape index (κ3) is 7.36. The van der Waals surface area contributed by atoms with Crippen molar-refractivity contribution in [3.63, 3.8) is 0 Å². The first-order valence-electron chi connectivity index (χ1n) is 5.18. The van der Waals surface area contributed by atoms with Gasteiger partial charge in [-0.05, 0) is 19.9 Å². The summed E-state index contributed by atoms with van der Waals surface area (Å²) in [6, 6.07) is 1.52. The Balaban J connectivity index is 0.000000441. The second-order valence-corrected chi connectivity index (χ2v) is 4.38. The van der Waals surface area contributed by atoms with Crippen molar-refractivity contribution in [1.82, 2.24) is 9.78 Å². The van der Waals surface area contributed by atoms with Crippen LogP contribution in [0.3, 0.4) is 0 Å². The number of alkyl halides is 3. The minimum absolute atomic E-state index is 0.212. The van der Waals surface area contributed by atoms with E-state index in [1.807, 2.05) is 0 Å². The molecule has 0 aromatic carbocycles. The molecule has 1 amide bonds. The maximum absolute atomic E-state index is 10.7. The van der Waals surface area contributed by atoms with Crippen LogP contribution in [-0.4, -0.2) is 43.6 Å². The van der Waals surface area contributed by atoms with E-state index in [4.69, 9.17) is 15.6 Å². The summed E-state index contributed by atoms with van der Waals surface area (Å²) in [5, 5.41) is 20.4. The Kier molecular flexibility index (Phi) is 5.70. The number of hydrogen-bond acceptors (Lipinski definition) is 4. The molecule has 0 aliphatic rings. The number of aliphatic hydroxyl groups is 1. The van der Waals surface area contributed by atoms with Crippen molar-refractivity contribution in [2.75, 3.05) is 0 Å². The number of nitrogens with two attached hydrogens (primary N) is 1. The minimum atomic E-state index is -5.08. The molecule has 0 aliphatic heterocycles. The van der Waals surface area contributed by atoms with Gasteiger partial charge in [-0.15, -0.1) is 0 Å². The van der Waals surface area contributed by atoms with Gasteiger partial charge in [-0.25, -0.2) is 4.79 Å². The Bertz CT molecular complexity index is 477. The highest BCUT2D eigenvalue weighted by molar-refractivity contribution is 5.90. The summed E-state index contributed by atoms with van der Waals surface area (Å²) >= 11 is 0. The molecule has 1 aromatic heterocycles. The highest BCUT2D eigenvalue weighted by atomic mass is 19.4. The van der Waals surface area contributed by atoms with Crippen LogP contribution in [0.1, 0.15) is 24.3 Å². The molecule has 20 heavy (non-hydrogen) atoms. The van der Waals surface area contributed by atoms with Crippen molar-refractivity contribution >= 4 is 11.9 Å². The van der Waals surface area contributed by atoms with Crippen molar-refractivity contribution in [1.29, 1.82) is 0 Å². The van der Waals surface area contributed by atoms with Crippen molar-refractivity contribution in [3.05, 3.63) is 18.0 Å². The monoisotopic (exact) mass is 297 g/mol. The summed E-state index contributed by atoms with van der Waals surface area (Å²) in [6.07, 6.45) is -3.47. The van der Waals surface area contributed by atoms with Gasteiger partial charge in [0.1, 0.15) is 5.69 Å². The molecular formula is C10H14F3N3O4. The Morgan fingerprint density at radius 1 is 1.40 bits per heavy atom. The molecule has 1 aromatic rings. The normalized spacial score (nSPS) is 11.5. The van der Waals surface area contributed by atoms with Gasteiger partial charge in [0.05, 0.1) is 12.1 Å². The third-order valence-electron chi connectivity index (χ3n) is 1.68. The fraction of sp³-hybridized carbons (Fsp3) is 0.500. The van der Waals surface area contributed by atoms with Crippen LogP contribution in [0.4, 0.5) is 13.2 Å². The predicted molar refractivity (Wildman–Crippen MR) is 60.7 cm³/mol. The smallest absolute Gasteiger partial charge is 0.475 e. The van der Waals surface area contributed by atoms with Crippen LogP contribution in [0, 0.1) is 0 Å². The van der Waals surface area contributed by atoms with Crippen LogP contribution in [0.15, 0.2) is 12.3 Å². The first-order valence-corrected chi connectivity index (χ1v) is 5.18. The van der Waals surface area contributed by atoms with Crippen LogP contribution in [0.25, 0.3) is 0 Å². The van der Waals surface area contributed by atoms with Crippen molar-refractivity contribution in [2.45, 2.75) is 32.2 Å². The van der Waals surface area contributed by atoms with Crippen LogP contribution >= 0.6 is 0 Å². The first-order chi connectivity index (χ1) is 8.83. The third-order valence-corrected chi connectivity index (χ3v) is 1.68. The number of carboxylic acid groups (broad SMARTS) is 1. The first kappa shape index (κ1) is 17.9. The molecule has 1 rings (SSSR count). The zero-order valence-electron chi connectivity index (χ0n) is 10.7. The molecule has 114 valence electrons. The zero-order chi connectivity index (χ0) is 16.1. The minimum Gasteiger partial charge on any atom is -0.475 e. The number of amides is 1. The summed E-state index contributed by atoms with van der Waals surface area (Å²) in [5.74, 6) is -3.32. The Morgan fingerprint density at radius 2 is 1.85 bits per heavy atom. The van der Waals surface area contributed by atoms with Gasteiger partial charge in [0.15, 0.2) is 0 Å². The molecular weight excluding hydrogens is 283 g/mol. The second kappa shape index (κ2) is 6.37. The maximum atomic E-state index is 10.7. The van der Waals surface area contributed by atoms with Gasteiger partial charge in [-0.1, -0.05) is 0 Å². The zero-order valence-corrected chi connectivity index (χ0v) is 10.7. The molecule has 0 fully saturated rings. The lowest BCUT2D eigenvalue weighted by Gasteiger charge is -2.16. The van der Waals surface area contributed by atoms with Crippen LogP contribution in [-0.2, 0) is 11.3 Å². The lowest BCUT2D eigenvalue weighted by atomic mass is 10.1. The molecule has 0 saturated carbocycles. The molecule has 0 spiro atoms. The highest BCUT2D eigenvalue weighted by Gasteiger charge is 2.38. The molecule has 7 nitrogen and oxygen atoms in total. The number of carbonyl (C=O) groups is 2. The number of aromatic nitrogens is 2. The molecule has 0 saturated heterocycles. The van der Waals surface area contributed by atoms with Crippen LogP contribution in [0.5, 0.6) is 0 Å². The van der Waals surface area contributed by atoms with E-state index in [1.165, 1.54) is 10.7 Å². The number of halogens is 3. The lowest BCUT2D eigenvalue weighted by molar-refractivity contribution is -0.192. The van der Waals surface area contributed by atoms with Crippen molar-refractivity contribution < 1.29 is 33.0 Å². The number of primary amides is 1. The fourth-order valence-corrected chi connectivity index (χ4v) is 0.978. The molecule has 4 N–H and O–H groups in total. The summed E-state index contributed by atoms with van der Waals surface area (Å²) in [5.41, 5.74) is 4.38. The fourth-order valence-electron chi connectivity index (χ4n) is 0.978. The van der Waals surface area contributed by atoms with E-state index in [-0.39, 0.29) is 5.69 Å². The molecule has 0 bridgehead atoms. The van der Waals surface area contributed by atoms with Gasteiger partial charge in [0, 0.05) is 6.20 Å². The van der Waals surface area contributed by atoms with Gasteiger partial charge < -0.3 is 15.9 Å². The Morgan fingerprint density at radius 3 is 2.10 bits per heavy atom. The van der Waals surface area contributed by atoms with Gasteiger partial charge in [-0.3, -0.25) is 9.48 Å². The number of nitrogens with zero attached hydrogens (tertiary/aromatic N) is 2. The molecule has 0 unspecified atom stereocenters. The summed E-state index contributed by atoms with van der Waals surface area (Å²) in [4.78, 5) is 19.6. The standard InChI is InChI=1S/C8H13N3O2.C2HF3O2/c1-8(2,13)5-11-4-3-6(10-11)7(9)12;3-2(4,5)1(6)7/h3-4,13H,5H2,1-2H3,(H2,9,12);(H,6,7). The predicted octanol–water partition coefficient (Wildman–Crippen LogP) is 0.386. The maximum Gasteiger partial charge on any atom is 0.490 e. The van der Waals surface area contributed by atoms with E-state index in [2.05, 4.69) is 5.10 Å². The lowest BCUT2D eigenvalue weighted by Crippen LogP contribution is -2.26. The molecule has 0 aliphatic carbocycles. The number of rotatable bonds is 3.